The fourth-order valence-corrected chi connectivity index (χ4v) is 0.711. The van der Waals surface area contributed by atoms with Crippen molar-refractivity contribution in [1.29, 1.82) is 0 Å². The maximum absolute atomic E-state index is 10.9. The van der Waals surface area contributed by atoms with Gasteiger partial charge in [0, 0.05) is 19.3 Å². The molecule has 0 saturated carbocycles. The van der Waals surface area contributed by atoms with Gasteiger partial charge in [-0.2, -0.15) is 5.10 Å². The van der Waals surface area contributed by atoms with Gasteiger partial charge >= 0.3 is 0 Å². The summed E-state index contributed by atoms with van der Waals surface area (Å²) in [5, 5.41) is 8.83. The normalized spacial score (nSPS) is 9.64. The Morgan fingerprint density at radius 2 is 2.64 bits per heavy atom. The zero-order chi connectivity index (χ0) is 8.27. The van der Waals surface area contributed by atoms with E-state index in [1.165, 1.54) is 0 Å². The van der Waals surface area contributed by atoms with Gasteiger partial charge in [0.25, 0.3) is 5.91 Å². The van der Waals surface area contributed by atoms with E-state index in [4.69, 9.17) is 5.73 Å². The van der Waals surface area contributed by atoms with E-state index in [9.17, 15) is 4.79 Å². The predicted molar refractivity (Wildman–Crippen MR) is 39.9 cm³/mol. The number of aromatic nitrogens is 2. The molecule has 0 aliphatic rings. The van der Waals surface area contributed by atoms with Crippen LogP contribution in [0.2, 0.25) is 0 Å². The summed E-state index contributed by atoms with van der Waals surface area (Å²) in [6, 6.07) is 1.62. The molecule has 0 radical (unpaired) electrons. The molecule has 0 aromatic carbocycles. The van der Waals surface area contributed by atoms with Gasteiger partial charge in [-0.3, -0.25) is 9.89 Å². The average Bonchev–Trinajstić information content (AvgIpc) is 2.50. The molecular weight excluding hydrogens is 144 g/mol. The van der Waals surface area contributed by atoms with E-state index in [0.29, 0.717) is 12.2 Å². The van der Waals surface area contributed by atoms with Gasteiger partial charge in [0.2, 0.25) is 0 Å². The van der Waals surface area contributed by atoms with Crippen LogP contribution in [0.5, 0.6) is 0 Å². The van der Waals surface area contributed by atoms with Crippen molar-refractivity contribution >= 4 is 5.91 Å². The first-order chi connectivity index (χ1) is 5.27. The fourth-order valence-electron chi connectivity index (χ4n) is 0.711. The van der Waals surface area contributed by atoms with Crippen LogP contribution in [0.25, 0.3) is 0 Å². The minimum absolute atomic E-state index is 0.207. The summed E-state index contributed by atoms with van der Waals surface area (Å²) in [6.07, 6.45) is 0. The zero-order valence-electron chi connectivity index (χ0n) is 6.22. The summed E-state index contributed by atoms with van der Waals surface area (Å²) < 4.78 is 0. The monoisotopic (exact) mass is 154 g/mol. The van der Waals surface area contributed by atoms with Crippen LogP contribution in [0.4, 0.5) is 0 Å². The molecule has 11 heavy (non-hydrogen) atoms. The molecule has 0 aliphatic heterocycles. The third kappa shape index (κ3) is 1.56. The number of hydrogen-bond acceptors (Lipinski definition) is 3. The Balaban J connectivity index is 2.80. The molecule has 4 N–H and O–H groups in total. The van der Waals surface area contributed by atoms with Gasteiger partial charge in [-0.25, -0.2) is 0 Å². The molecular formula is C6H10N4O. The number of hydrogen-bond donors (Lipinski definition) is 3. The lowest BCUT2D eigenvalue weighted by Crippen LogP contribution is -2.18. The first-order valence-corrected chi connectivity index (χ1v) is 3.24. The molecule has 5 heteroatoms. The van der Waals surface area contributed by atoms with Crippen LogP contribution in [0, 0.1) is 0 Å². The lowest BCUT2D eigenvalue weighted by molar-refractivity contribution is 0.0958. The van der Waals surface area contributed by atoms with E-state index >= 15 is 0 Å². The van der Waals surface area contributed by atoms with E-state index in [0.717, 1.165) is 5.69 Å². The number of rotatable bonds is 2. The molecule has 0 bridgehead atoms. The van der Waals surface area contributed by atoms with Crippen LogP contribution in [0.15, 0.2) is 6.07 Å². The van der Waals surface area contributed by atoms with Crippen molar-refractivity contribution in [3.63, 3.8) is 0 Å². The Morgan fingerprint density at radius 1 is 1.91 bits per heavy atom. The predicted octanol–water partition coefficient (Wildman–Crippen LogP) is -0.772. The van der Waals surface area contributed by atoms with Crippen LogP contribution >= 0.6 is 0 Å². The standard InChI is InChI=1S/C6H10N4O/c1-8-6(11)5-2-4(3-7)9-10-5/h2H,3,7H2,1H3,(H,8,11)(H,9,10). The number of nitrogens with two attached hydrogens (primary N) is 1. The van der Waals surface area contributed by atoms with E-state index in [1.807, 2.05) is 0 Å². The fraction of sp³-hybridized carbons (Fsp3) is 0.333. The number of H-pyrrole nitrogens is 1. The van der Waals surface area contributed by atoms with Gasteiger partial charge in [0.1, 0.15) is 5.69 Å². The number of carbonyl (C=O) groups is 1. The van der Waals surface area contributed by atoms with Crippen LogP contribution in [0.1, 0.15) is 16.2 Å². The highest BCUT2D eigenvalue weighted by Gasteiger charge is 2.06. The Kier molecular flexibility index (Phi) is 2.22. The molecule has 60 valence electrons. The highest BCUT2D eigenvalue weighted by Crippen LogP contribution is 1.97. The van der Waals surface area contributed by atoms with Gasteiger partial charge in [0.15, 0.2) is 0 Å². The molecule has 0 saturated heterocycles. The number of carbonyl (C=O) groups excluding carboxylic acids is 1. The summed E-state index contributed by atoms with van der Waals surface area (Å²) in [7, 11) is 1.55. The minimum atomic E-state index is -0.207. The topological polar surface area (TPSA) is 83.8 Å². The average molecular weight is 154 g/mol. The maximum Gasteiger partial charge on any atom is 0.271 e. The first-order valence-electron chi connectivity index (χ1n) is 3.24. The Morgan fingerprint density at radius 3 is 3.09 bits per heavy atom. The van der Waals surface area contributed by atoms with Crippen molar-refractivity contribution in [2.45, 2.75) is 6.54 Å². The SMILES string of the molecule is CNC(=O)c1cc(CN)[nH]n1. The zero-order valence-corrected chi connectivity index (χ0v) is 6.22. The molecule has 0 aliphatic carbocycles. The number of nitrogens with zero attached hydrogens (tertiary/aromatic N) is 1. The molecule has 0 spiro atoms. The van der Waals surface area contributed by atoms with Gasteiger partial charge in [-0.15, -0.1) is 0 Å². The second kappa shape index (κ2) is 3.16. The smallest absolute Gasteiger partial charge is 0.271 e. The van der Waals surface area contributed by atoms with E-state index in [1.54, 1.807) is 13.1 Å². The second-order valence-electron chi connectivity index (χ2n) is 2.06. The minimum Gasteiger partial charge on any atom is -0.354 e. The molecule has 1 heterocycles. The third-order valence-electron chi connectivity index (χ3n) is 1.31. The van der Waals surface area contributed by atoms with Crippen LogP contribution in [0.3, 0.4) is 0 Å². The Hall–Kier alpha value is -1.36. The number of aromatic amines is 1. The van der Waals surface area contributed by atoms with E-state index in [2.05, 4.69) is 15.5 Å². The lowest BCUT2D eigenvalue weighted by Gasteiger charge is -1.89. The molecule has 0 unspecified atom stereocenters. The maximum atomic E-state index is 10.9. The van der Waals surface area contributed by atoms with Crippen molar-refractivity contribution in [3.05, 3.63) is 17.5 Å². The highest BCUT2D eigenvalue weighted by atomic mass is 16.1. The van der Waals surface area contributed by atoms with Gasteiger partial charge in [0.05, 0.1) is 0 Å². The second-order valence-corrected chi connectivity index (χ2v) is 2.06. The summed E-state index contributed by atoms with van der Waals surface area (Å²) in [5.74, 6) is -0.207. The van der Waals surface area contributed by atoms with Gasteiger partial charge in [-0.05, 0) is 6.07 Å². The Labute approximate surface area is 64.0 Å². The number of nitrogens with one attached hydrogen (secondary N) is 2. The molecule has 5 nitrogen and oxygen atoms in total. The van der Waals surface area contributed by atoms with Gasteiger partial charge in [-0.1, -0.05) is 0 Å². The summed E-state index contributed by atoms with van der Waals surface area (Å²) >= 11 is 0. The van der Waals surface area contributed by atoms with Crippen molar-refractivity contribution in [2.24, 2.45) is 5.73 Å². The number of amides is 1. The van der Waals surface area contributed by atoms with Crippen molar-refractivity contribution in [3.8, 4) is 0 Å². The largest absolute Gasteiger partial charge is 0.354 e. The van der Waals surface area contributed by atoms with Crippen molar-refractivity contribution in [2.75, 3.05) is 7.05 Å². The molecule has 1 aromatic rings. The molecule has 1 aromatic heterocycles. The van der Waals surface area contributed by atoms with Crippen LogP contribution in [-0.4, -0.2) is 23.2 Å². The van der Waals surface area contributed by atoms with Crippen LogP contribution in [-0.2, 0) is 6.54 Å². The highest BCUT2D eigenvalue weighted by molar-refractivity contribution is 5.92. The summed E-state index contributed by atoms with van der Waals surface area (Å²) in [5.41, 5.74) is 6.42. The molecule has 0 atom stereocenters. The third-order valence-corrected chi connectivity index (χ3v) is 1.31. The van der Waals surface area contributed by atoms with E-state index in [-0.39, 0.29) is 5.91 Å². The van der Waals surface area contributed by atoms with E-state index < -0.39 is 0 Å². The molecule has 1 amide bonds. The first kappa shape index (κ1) is 7.74. The summed E-state index contributed by atoms with van der Waals surface area (Å²) in [4.78, 5) is 10.9. The molecule has 0 fully saturated rings. The Bertz CT molecular complexity index is 255. The van der Waals surface area contributed by atoms with Crippen molar-refractivity contribution in [1.82, 2.24) is 15.5 Å². The van der Waals surface area contributed by atoms with Gasteiger partial charge < -0.3 is 11.1 Å². The van der Waals surface area contributed by atoms with Crippen molar-refractivity contribution < 1.29 is 4.79 Å². The van der Waals surface area contributed by atoms with Crippen LogP contribution < -0.4 is 11.1 Å². The quantitative estimate of drug-likeness (QED) is 0.523. The lowest BCUT2D eigenvalue weighted by atomic mass is 10.3. The molecule has 1 rings (SSSR count). The summed E-state index contributed by atoms with van der Waals surface area (Å²) in [6.45, 7) is 0.365.